The van der Waals surface area contributed by atoms with Crippen LogP contribution in [0.3, 0.4) is 0 Å². The van der Waals surface area contributed by atoms with Crippen molar-refractivity contribution in [3.63, 3.8) is 0 Å². The largest absolute Gasteiger partial charge is 0.396 e. The van der Waals surface area contributed by atoms with Crippen LogP contribution >= 0.6 is 0 Å². The molecule has 0 spiro atoms. The van der Waals surface area contributed by atoms with E-state index in [4.69, 9.17) is 10.8 Å². The molecule has 0 aromatic rings. The molecule has 0 bridgehead atoms. The lowest BCUT2D eigenvalue weighted by atomic mass is 9.76. The number of carbonyl (C=O) groups excluding carboxylic acids is 1. The summed E-state index contributed by atoms with van der Waals surface area (Å²) in [6.45, 7) is 1.83. The molecule has 4 nitrogen and oxygen atoms in total. The van der Waals surface area contributed by atoms with Crippen molar-refractivity contribution in [3.05, 3.63) is 0 Å². The van der Waals surface area contributed by atoms with Crippen LogP contribution in [-0.4, -0.2) is 41.1 Å². The van der Waals surface area contributed by atoms with Crippen LogP contribution < -0.4 is 5.73 Å². The zero-order valence-corrected chi connectivity index (χ0v) is 9.11. The smallest absolute Gasteiger partial charge is 0.242 e. The van der Waals surface area contributed by atoms with Crippen LogP contribution in [0.15, 0.2) is 0 Å². The second-order valence-electron chi connectivity index (χ2n) is 4.93. The first kappa shape index (κ1) is 10.9. The van der Waals surface area contributed by atoms with E-state index in [-0.39, 0.29) is 12.5 Å². The predicted octanol–water partition coefficient (Wildman–Crippen LogP) is 0.0987. The average molecular weight is 212 g/mol. The first-order chi connectivity index (χ1) is 7.15. The van der Waals surface area contributed by atoms with Gasteiger partial charge in [0, 0.05) is 19.7 Å². The van der Waals surface area contributed by atoms with E-state index in [0.29, 0.717) is 5.92 Å². The Bertz CT molecular complexity index is 251. The van der Waals surface area contributed by atoms with Crippen molar-refractivity contribution >= 4 is 5.91 Å². The molecule has 86 valence electrons. The van der Waals surface area contributed by atoms with Crippen molar-refractivity contribution in [2.45, 2.75) is 37.6 Å². The van der Waals surface area contributed by atoms with E-state index in [0.717, 1.165) is 45.2 Å². The van der Waals surface area contributed by atoms with Crippen molar-refractivity contribution in [2.24, 2.45) is 11.7 Å². The van der Waals surface area contributed by atoms with E-state index in [2.05, 4.69) is 0 Å². The minimum absolute atomic E-state index is 0.134. The van der Waals surface area contributed by atoms with Crippen LogP contribution in [0.5, 0.6) is 0 Å². The van der Waals surface area contributed by atoms with Crippen LogP contribution in [0.4, 0.5) is 0 Å². The summed E-state index contributed by atoms with van der Waals surface area (Å²) in [5.41, 5.74) is 5.46. The number of carbonyl (C=O) groups is 1. The quantitative estimate of drug-likeness (QED) is 0.697. The molecule has 0 aromatic heterocycles. The van der Waals surface area contributed by atoms with Gasteiger partial charge in [0.15, 0.2) is 0 Å². The Morgan fingerprint density at radius 2 is 2.27 bits per heavy atom. The molecule has 2 rings (SSSR count). The van der Waals surface area contributed by atoms with E-state index in [1.54, 1.807) is 0 Å². The van der Waals surface area contributed by atoms with Gasteiger partial charge < -0.3 is 15.7 Å². The number of aliphatic hydroxyl groups is 1. The second kappa shape index (κ2) is 4.10. The molecule has 3 N–H and O–H groups in total. The van der Waals surface area contributed by atoms with E-state index in [9.17, 15) is 4.79 Å². The Morgan fingerprint density at radius 1 is 1.53 bits per heavy atom. The molecule has 2 fully saturated rings. The third-order valence-electron chi connectivity index (χ3n) is 3.78. The van der Waals surface area contributed by atoms with Gasteiger partial charge >= 0.3 is 0 Å². The maximum absolute atomic E-state index is 12.0. The minimum atomic E-state index is -0.548. The second-order valence-corrected chi connectivity index (χ2v) is 4.93. The summed E-state index contributed by atoms with van der Waals surface area (Å²) in [5, 5.41) is 8.84. The minimum Gasteiger partial charge on any atom is -0.396 e. The van der Waals surface area contributed by atoms with Gasteiger partial charge in [-0.05, 0) is 38.0 Å². The number of nitrogens with two attached hydrogens (primary N) is 1. The molecule has 1 atom stereocenters. The lowest BCUT2D eigenvalue weighted by molar-refractivity contribution is -0.139. The highest BCUT2D eigenvalue weighted by atomic mass is 16.3. The molecule has 1 aliphatic heterocycles. The number of amides is 1. The third kappa shape index (κ3) is 2.01. The van der Waals surface area contributed by atoms with Gasteiger partial charge in [0.1, 0.15) is 0 Å². The molecule has 1 unspecified atom stereocenters. The molecule has 1 amide bonds. The van der Waals surface area contributed by atoms with E-state index < -0.39 is 5.54 Å². The van der Waals surface area contributed by atoms with Crippen molar-refractivity contribution in [2.75, 3.05) is 19.7 Å². The number of nitrogens with zero attached hydrogens (tertiary/aromatic N) is 1. The lowest BCUT2D eigenvalue weighted by Crippen LogP contribution is -2.59. The maximum Gasteiger partial charge on any atom is 0.242 e. The third-order valence-corrected chi connectivity index (χ3v) is 3.78. The molecule has 0 aromatic carbocycles. The maximum atomic E-state index is 12.0. The molecular weight excluding hydrogens is 192 g/mol. The van der Waals surface area contributed by atoms with Gasteiger partial charge in [-0.15, -0.1) is 0 Å². The van der Waals surface area contributed by atoms with Gasteiger partial charge in [0.25, 0.3) is 0 Å². The Labute approximate surface area is 90.4 Å². The fraction of sp³-hybridized carbons (Fsp3) is 0.909. The summed E-state index contributed by atoms with van der Waals surface area (Å²) in [7, 11) is 0. The highest BCUT2D eigenvalue weighted by molar-refractivity contribution is 5.87. The molecular formula is C11H20N2O2. The van der Waals surface area contributed by atoms with Gasteiger partial charge in [-0.1, -0.05) is 0 Å². The Hall–Kier alpha value is -0.610. The van der Waals surface area contributed by atoms with Crippen LogP contribution in [-0.2, 0) is 4.79 Å². The Morgan fingerprint density at radius 3 is 2.80 bits per heavy atom. The normalized spacial score (nSPS) is 28.9. The lowest BCUT2D eigenvalue weighted by Gasteiger charge is -2.39. The van der Waals surface area contributed by atoms with Crippen LogP contribution in [0.25, 0.3) is 0 Å². The van der Waals surface area contributed by atoms with Gasteiger partial charge in [0.2, 0.25) is 5.91 Å². The van der Waals surface area contributed by atoms with Crippen LogP contribution in [0.2, 0.25) is 0 Å². The van der Waals surface area contributed by atoms with E-state index in [1.165, 1.54) is 0 Å². The molecule has 1 saturated carbocycles. The molecule has 15 heavy (non-hydrogen) atoms. The Kier molecular flexibility index (Phi) is 2.98. The monoisotopic (exact) mass is 212 g/mol. The molecule has 1 saturated heterocycles. The van der Waals surface area contributed by atoms with Gasteiger partial charge in [-0.3, -0.25) is 4.79 Å². The highest BCUT2D eigenvalue weighted by Crippen LogP contribution is 2.32. The summed E-state index contributed by atoms with van der Waals surface area (Å²) in [6, 6.07) is 0. The topological polar surface area (TPSA) is 66.6 Å². The summed E-state index contributed by atoms with van der Waals surface area (Å²) in [4.78, 5) is 13.9. The van der Waals surface area contributed by atoms with Crippen LogP contribution in [0, 0.1) is 5.92 Å². The number of likely N-dealkylation sites (tertiary alicyclic amines) is 1. The Balaban J connectivity index is 1.87. The fourth-order valence-electron chi connectivity index (χ4n) is 2.52. The first-order valence-corrected chi connectivity index (χ1v) is 5.85. The van der Waals surface area contributed by atoms with E-state index in [1.807, 2.05) is 4.90 Å². The van der Waals surface area contributed by atoms with Gasteiger partial charge in [0.05, 0.1) is 5.54 Å². The summed E-state index contributed by atoms with van der Waals surface area (Å²) >= 11 is 0. The van der Waals surface area contributed by atoms with Crippen molar-refractivity contribution < 1.29 is 9.90 Å². The molecule has 4 heteroatoms. The zero-order chi connectivity index (χ0) is 10.9. The molecule has 2 aliphatic rings. The van der Waals surface area contributed by atoms with Gasteiger partial charge in [-0.2, -0.15) is 0 Å². The van der Waals surface area contributed by atoms with E-state index >= 15 is 0 Å². The zero-order valence-electron chi connectivity index (χ0n) is 9.11. The molecule has 0 radical (unpaired) electrons. The van der Waals surface area contributed by atoms with Gasteiger partial charge in [-0.25, -0.2) is 0 Å². The summed E-state index contributed by atoms with van der Waals surface area (Å²) in [5.74, 6) is 0.608. The predicted molar refractivity (Wildman–Crippen MR) is 57.2 cm³/mol. The summed E-state index contributed by atoms with van der Waals surface area (Å²) < 4.78 is 0. The summed E-state index contributed by atoms with van der Waals surface area (Å²) in [6.07, 6.45) is 4.58. The number of hydrogen-bond acceptors (Lipinski definition) is 3. The fourth-order valence-corrected chi connectivity index (χ4v) is 2.52. The first-order valence-electron chi connectivity index (χ1n) is 5.85. The number of aliphatic hydroxyl groups excluding tert-OH is 1. The highest BCUT2D eigenvalue weighted by Gasteiger charge is 2.44. The average Bonchev–Trinajstić information content (AvgIpc) is 2.62. The number of rotatable bonds is 3. The number of hydrogen-bond donors (Lipinski definition) is 2. The van der Waals surface area contributed by atoms with Crippen LogP contribution in [0.1, 0.15) is 32.1 Å². The van der Waals surface area contributed by atoms with Crippen molar-refractivity contribution in [1.29, 1.82) is 0 Å². The van der Waals surface area contributed by atoms with Crippen molar-refractivity contribution in [1.82, 2.24) is 4.90 Å². The molecule has 1 heterocycles. The van der Waals surface area contributed by atoms with Crippen molar-refractivity contribution in [3.8, 4) is 0 Å². The standard InChI is InChI=1S/C11H20N2O2/c12-11(4-1-5-11)10(15)13-6-2-9(8-13)3-7-14/h9,14H,1-8,12H2. The SMILES string of the molecule is NC1(C(=O)N2CCC(CCO)C2)CCC1. The molecule has 1 aliphatic carbocycles.